The predicted octanol–water partition coefficient (Wildman–Crippen LogP) is 1.92. The Hall–Kier alpha value is -0.120. The Bertz CT molecular complexity index is 244. The van der Waals surface area contributed by atoms with E-state index in [4.69, 9.17) is 5.73 Å². The maximum atomic E-state index is 6.33. The van der Waals surface area contributed by atoms with Gasteiger partial charge in [-0.1, -0.05) is 19.3 Å². The van der Waals surface area contributed by atoms with Gasteiger partial charge in [-0.2, -0.15) is 0 Å². The molecule has 1 saturated carbocycles. The molecule has 2 fully saturated rings. The number of rotatable bonds is 4. The first-order valence-electron chi connectivity index (χ1n) is 7.81. The second kappa shape index (κ2) is 6.88. The van der Waals surface area contributed by atoms with E-state index in [1.807, 2.05) is 0 Å². The van der Waals surface area contributed by atoms with Crippen LogP contribution in [0.2, 0.25) is 0 Å². The fourth-order valence-electron chi connectivity index (χ4n) is 3.68. The number of nitrogens with zero attached hydrogens (tertiary/aromatic N) is 2. The van der Waals surface area contributed by atoms with Gasteiger partial charge in [0, 0.05) is 25.2 Å². The van der Waals surface area contributed by atoms with Crippen LogP contribution in [-0.4, -0.2) is 55.6 Å². The lowest BCUT2D eigenvalue weighted by Gasteiger charge is -2.30. The minimum absolute atomic E-state index is 0.441. The molecular formula is C15H31N3. The van der Waals surface area contributed by atoms with E-state index in [9.17, 15) is 0 Å². The zero-order chi connectivity index (χ0) is 13.0. The zero-order valence-electron chi connectivity index (χ0n) is 12.3. The van der Waals surface area contributed by atoms with Crippen LogP contribution in [0.3, 0.4) is 0 Å². The van der Waals surface area contributed by atoms with Crippen LogP contribution in [-0.2, 0) is 0 Å². The highest BCUT2D eigenvalue weighted by molar-refractivity contribution is 4.82. The second-order valence-electron chi connectivity index (χ2n) is 6.56. The van der Waals surface area contributed by atoms with Crippen LogP contribution in [0.5, 0.6) is 0 Å². The molecule has 1 saturated heterocycles. The van der Waals surface area contributed by atoms with Gasteiger partial charge in [-0.05, 0) is 52.2 Å². The molecule has 0 aromatic heterocycles. The van der Waals surface area contributed by atoms with Crippen molar-refractivity contribution in [3.05, 3.63) is 0 Å². The van der Waals surface area contributed by atoms with E-state index < -0.39 is 0 Å². The van der Waals surface area contributed by atoms with E-state index in [1.165, 1.54) is 64.6 Å². The summed E-state index contributed by atoms with van der Waals surface area (Å²) in [7, 11) is 4.55. The molecule has 18 heavy (non-hydrogen) atoms. The van der Waals surface area contributed by atoms with Gasteiger partial charge in [0.15, 0.2) is 0 Å². The molecule has 3 unspecified atom stereocenters. The van der Waals surface area contributed by atoms with E-state index >= 15 is 0 Å². The summed E-state index contributed by atoms with van der Waals surface area (Å²) in [6, 6.07) is 1.22. The van der Waals surface area contributed by atoms with E-state index in [-0.39, 0.29) is 0 Å². The molecule has 1 aliphatic heterocycles. The average Bonchev–Trinajstić information content (AvgIpc) is 2.61. The van der Waals surface area contributed by atoms with Crippen LogP contribution in [0.25, 0.3) is 0 Å². The van der Waals surface area contributed by atoms with E-state index in [2.05, 4.69) is 23.9 Å². The Morgan fingerprint density at radius 3 is 2.56 bits per heavy atom. The Morgan fingerprint density at radius 2 is 1.83 bits per heavy atom. The Labute approximate surface area is 113 Å². The summed E-state index contributed by atoms with van der Waals surface area (Å²) in [5.74, 6) is 0.726. The van der Waals surface area contributed by atoms with Gasteiger partial charge in [-0.3, -0.25) is 0 Å². The van der Waals surface area contributed by atoms with Crippen molar-refractivity contribution in [3.63, 3.8) is 0 Å². The maximum absolute atomic E-state index is 6.33. The quantitative estimate of drug-likeness (QED) is 0.777. The van der Waals surface area contributed by atoms with Crippen molar-refractivity contribution in [3.8, 4) is 0 Å². The van der Waals surface area contributed by atoms with Gasteiger partial charge in [0.25, 0.3) is 0 Å². The predicted molar refractivity (Wildman–Crippen MR) is 77.7 cm³/mol. The minimum Gasteiger partial charge on any atom is -0.327 e. The third-order valence-electron chi connectivity index (χ3n) is 4.96. The molecule has 0 aromatic carbocycles. The first-order valence-corrected chi connectivity index (χ1v) is 7.81. The summed E-state index contributed by atoms with van der Waals surface area (Å²) in [5, 5.41) is 0. The number of likely N-dealkylation sites (N-methyl/N-ethyl adjacent to an activating group) is 2. The molecule has 1 heterocycles. The van der Waals surface area contributed by atoms with Gasteiger partial charge in [-0.25, -0.2) is 0 Å². The van der Waals surface area contributed by atoms with E-state index in [0.29, 0.717) is 6.04 Å². The Kier molecular flexibility index (Phi) is 5.46. The van der Waals surface area contributed by atoms with Gasteiger partial charge in [0.2, 0.25) is 0 Å². The SMILES string of the molecule is CN(CC1CCCCCC1N)CC1CCCN1C. The first kappa shape index (κ1) is 14.3. The fourth-order valence-corrected chi connectivity index (χ4v) is 3.68. The number of hydrogen-bond acceptors (Lipinski definition) is 3. The van der Waals surface area contributed by atoms with Crippen molar-refractivity contribution in [2.24, 2.45) is 11.7 Å². The lowest BCUT2D eigenvalue weighted by atomic mass is 9.95. The van der Waals surface area contributed by atoms with Crippen molar-refractivity contribution < 1.29 is 0 Å². The highest BCUT2D eigenvalue weighted by Crippen LogP contribution is 2.23. The van der Waals surface area contributed by atoms with Crippen molar-refractivity contribution in [1.82, 2.24) is 9.80 Å². The van der Waals surface area contributed by atoms with Gasteiger partial charge >= 0.3 is 0 Å². The van der Waals surface area contributed by atoms with E-state index in [1.54, 1.807) is 0 Å². The smallest absolute Gasteiger partial charge is 0.0220 e. The molecule has 0 radical (unpaired) electrons. The number of nitrogens with two attached hydrogens (primary N) is 1. The molecule has 3 nitrogen and oxygen atoms in total. The molecule has 3 atom stereocenters. The van der Waals surface area contributed by atoms with Crippen molar-refractivity contribution in [2.45, 2.75) is 57.0 Å². The Balaban J connectivity index is 1.76. The monoisotopic (exact) mass is 253 g/mol. The van der Waals surface area contributed by atoms with Crippen molar-refractivity contribution in [1.29, 1.82) is 0 Å². The maximum Gasteiger partial charge on any atom is 0.0220 e. The summed E-state index contributed by atoms with van der Waals surface area (Å²) in [6.07, 6.45) is 9.44. The molecule has 2 N–H and O–H groups in total. The number of likely N-dealkylation sites (tertiary alicyclic amines) is 1. The fraction of sp³-hybridized carbons (Fsp3) is 1.00. The van der Waals surface area contributed by atoms with Crippen molar-refractivity contribution in [2.75, 3.05) is 33.7 Å². The minimum atomic E-state index is 0.441. The summed E-state index contributed by atoms with van der Waals surface area (Å²) in [5.41, 5.74) is 6.33. The highest BCUT2D eigenvalue weighted by Gasteiger charge is 2.25. The third kappa shape index (κ3) is 3.94. The van der Waals surface area contributed by atoms with Crippen LogP contribution < -0.4 is 5.73 Å². The summed E-state index contributed by atoms with van der Waals surface area (Å²) in [4.78, 5) is 5.05. The van der Waals surface area contributed by atoms with Gasteiger partial charge in [0.1, 0.15) is 0 Å². The zero-order valence-corrected chi connectivity index (χ0v) is 12.3. The summed E-state index contributed by atoms with van der Waals surface area (Å²) in [6.45, 7) is 3.70. The summed E-state index contributed by atoms with van der Waals surface area (Å²) >= 11 is 0. The van der Waals surface area contributed by atoms with E-state index in [0.717, 1.165) is 12.0 Å². The van der Waals surface area contributed by atoms with Gasteiger partial charge < -0.3 is 15.5 Å². The largest absolute Gasteiger partial charge is 0.327 e. The molecule has 1 aliphatic carbocycles. The molecule has 2 aliphatic rings. The average molecular weight is 253 g/mol. The Morgan fingerprint density at radius 1 is 1.06 bits per heavy atom. The van der Waals surface area contributed by atoms with Crippen LogP contribution in [0, 0.1) is 5.92 Å². The van der Waals surface area contributed by atoms with Crippen LogP contribution in [0.4, 0.5) is 0 Å². The first-order chi connectivity index (χ1) is 8.66. The lowest BCUT2D eigenvalue weighted by molar-refractivity contribution is 0.186. The molecule has 0 amide bonds. The van der Waals surface area contributed by atoms with Crippen LogP contribution in [0.1, 0.15) is 44.9 Å². The molecule has 2 rings (SSSR count). The molecule has 3 heteroatoms. The lowest BCUT2D eigenvalue weighted by Crippen LogP contribution is -2.42. The normalized spacial score (nSPS) is 35.0. The topological polar surface area (TPSA) is 32.5 Å². The molecular weight excluding hydrogens is 222 g/mol. The van der Waals surface area contributed by atoms with Crippen LogP contribution in [0.15, 0.2) is 0 Å². The highest BCUT2D eigenvalue weighted by atomic mass is 15.2. The molecule has 106 valence electrons. The molecule has 0 aromatic rings. The standard InChI is InChI=1S/C15H31N3/c1-17(12-14-8-6-10-18(14)2)11-13-7-4-3-5-9-15(13)16/h13-15H,3-12,16H2,1-2H3. The van der Waals surface area contributed by atoms with Crippen molar-refractivity contribution >= 4 is 0 Å². The van der Waals surface area contributed by atoms with Crippen LogP contribution >= 0.6 is 0 Å². The van der Waals surface area contributed by atoms with Gasteiger partial charge in [-0.15, -0.1) is 0 Å². The molecule has 0 spiro atoms. The number of hydrogen-bond donors (Lipinski definition) is 1. The third-order valence-corrected chi connectivity index (χ3v) is 4.96. The van der Waals surface area contributed by atoms with Gasteiger partial charge in [0.05, 0.1) is 0 Å². The molecule has 0 bridgehead atoms. The second-order valence-corrected chi connectivity index (χ2v) is 6.56. The summed E-state index contributed by atoms with van der Waals surface area (Å²) < 4.78 is 0.